The second-order valence-electron chi connectivity index (χ2n) is 7.43. The van der Waals surface area contributed by atoms with Crippen LogP contribution in [-0.4, -0.2) is 64.7 Å². The molecular formula is C21H47NO5PSi+. The van der Waals surface area contributed by atoms with Gasteiger partial charge >= 0.3 is 14.9 Å². The van der Waals surface area contributed by atoms with Crippen LogP contribution < -0.4 is 5.32 Å². The summed E-state index contributed by atoms with van der Waals surface area (Å²) in [6, 6.07) is 0. The Morgan fingerprint density at radius 3 is 1.55 bits per heavy atom. The second kappa shape index (κ2) is 15.6. The lowest BCUT2D eigenvalue weighted by molar-refractivity contribution is 0.0443. The molecule has 29 heavy (non-hydrogen) atoms. The molecule has 0 aromatic carbocycles. The molecule has 0 aromatic heterocycles. The summed E-state index contributed by atoms with van der Waals surface area (Å²) < 4.78 is 24.5. The van der Waals surface area contributed by atoms with Gasteiger partial charge in [0.15, 0.2) is 0 Å². The predicted molar refractivity (Wildman–Crippen MR) is 126 cm³/mol. The van der Waals surface area contributed by atoms with E-state index in [9.17, 15) is 4.79 Å². The third kappa shape index (κ3) is 8.82. The Hall–Kier alpha value is -0.203. The van der Waals surface area contributed by atoms with Gasteiger partial charge in [0, 0.05) is 26.7 Å². The summed E-state index contributed by atoms with van der Waals surface area (Å²) in [5.74, 6) is -0.0549. The summed E-state index contributed by atoms with van der Waals surface area (Å²) in [5.41, 5.74) is -0.315. The molecule has 2 unspecified atom stereocenters. The summed E-state index contributed by atoms with van der Waals surface area (Å²) in [4.78, 5) is 12.8. The van der Waals surface area contributed by atoms with Crippen molar-refractivity contribution in [3.63, 3.8) is 0 Å². The average molecular weight is 453 g/mol. The number of hydrogen-bond donors (Lipinski definition) is 1. The van der Waals surface area contributed by atoms with Gasteiger partial charge in [0.05, 0.1) is 25.7 Å². The second-order valence-corrected chi connectivity index (χ2v) is 15.3. The van der Waals surface area contributed by atoms with Crippen molar-refractivity contribution in [1.82, 2.24) is 5.32 Å². The summed E-state index contributed by atoms with van der Waals surface area (Å²) in [6.45, 7) is 18.6. The van der Waals surface area contributed by atoms with Crippen LogP contribution in [0.4, 0.5) is 4.79 Å². The molecule has 0 spiro atoms. The van der Waals surface area contributed by atoms with Gasteiger partial charge in [0.25, 0.3) is 0 Å². The largest absolute Gasteiger partial charge is 0.524 e. The lowest BCUT2D eigenvalue weighted by atomic mass is 10.5. The monoisotopic (exact) mass is 452 g/mol. The van der Waals surface area contributed by atoms with E-state index in [0.29, 0.717) is 26.2 Å². The van der Waals surface area contributed by atoms with E-state index in [1.54, 1.807) is 0 Å². The van der Waals surface area contributed by atoms with E-state index in [2.05, 4.69) is 46.9 Å². The number of hydrogen-bond acceptors (Lipinski definition) is 5. The fourth-order valence-corrected chi connectivity index (χ4v) is 9.80. The summed E-state index contributed by atoms with van der Waals surface area (Å²) in [5, 5.41) is 3.05. The summed E-state index contributed by atoms with van der Waals surface area (Å²) in [7, 11) is -4.37. The first-order valence-corrected chi connectivity index (χ1v) is 15.8. The van der Waals surface area contributed by atoms with Crippen molar-refractivity contribution in [2.24, 2.45) is 0 Å². The van der Waals surface area contributed by atoms with E-state index in [0.717, 1.165) is 37.7 Å². The van der Waals surface area contributed by atoms with E-state index in [1.807, 2.05) is 13.8 Å². The van der Waals surface area contributed by atoms with Gasteiger partial charge in [-0.05, 0) is 46.5 Å². The van der Waals surface area contributed by atoms with Crippen molar-refractivity contribution in [3.8, 4) is 0 Å². The normalized spacial score (nSPS) is 14.5. The van der Waals surface area contributed by atoms with Crippen LogP contribution in [0.5, 0.6) is 0 Å². The van der Waals surface area contributed by atoms with E-state index in [4.69, 9.17) is 18.0 Å². The van der Waals surface area contributed by atoms with E-state index >= 15 is 0 Å². The van der Waals surface area contributed by atoms with Crippen molar-refractivity contribution >= 4 is 22.2 Å². The first-order valence-electron chi connectivity index (χ1n) is 11.6. The molecule has 0 aliphatic carbocycles. The van der Waals surface area contributed by atoms with Crippen LogP contribution in [0.1, 0.15) is 81.1 Å². The van der Waals surface area contributed by atoms with Crippen molar-refractivity contribution < 1.29 is 22.8 Å². The topological polar surface area (TPSA) is 66.0 Å². The highest BCUT2D eigenvalue weighted by atomic mass is 31.2. The average Bonchev–Trinajstić information content (AvgIpc) is 2.73. The van der Waals surface area contributed by atoms with Crippen LogP contribution in [0.15, 0.2) is 0 Å². The van der Waals surface area contributed by atoms with E-state index in [-0.39, 0.29) is 17.6 Å². The highest BCUT2D eigenvalue weighted by Gasteiger charge is 2.50. The molecule has 1 amide bonds. The zero-order valence-corrected chi connectivity index (χ0v) is 22.1. The number of carbonyl (C=O) groups is 1. The maximum absolute atomic E-state index is 12.8. The van der Waals surface area contributed by atoms with Crippen LogP contribution in [0.3, 0.4) is 0 Å². The maximum atomic E-state index is 12.8. The SMILES string of the molecule is CCCO[Si](OCCC)(OCCC)C(CC)NC(=O)OC(C)[P+](CC)(CC)CC. The Morgan fingerprint density at radius 1 is 0.828 bits per heavy atom. The van der Waals surface area contributed by atoms with E-state index < -0.39 is 16.1 Å². The number of rotatable bonds is 17. The Kier molecular flexibility index (Phi) is 15.5. The molecule has 6 nitrogen and oxygen atoms in total. The molecule has 0 radical (unpaired) electrons. The van der Waals surface area contributed by atoms with Crippen molar-refractivity contribution in [2.75, 3.05) is 38.3 Å². The molecule has 0 aliphatic heterocycles. The molecule has 0 saturated carbocycles. The van der Waals surface area contributed by atoms with Gasteiger partial charge in [-0.1, -0.05) is 27.7 Å². The Morgan fingerprint density at radius 2 is 1.24 bits per heavy atom. The Balaban J connectivity index is 5.44. The van der Waals surface area contributed by atoms with Gasteiger partial charge in [-0.2, -0.15) is 0 Å². The lowest BCUT2D eigenvalue weighted by Crippen LogP contribution is -2.63. The van der Waals surface area contributed by atoms with Crippen LogP contribution >= 0.6 is 7.26 Å². The molecule has 0 bridgehead atoms. The standard InChI is InChI=1S/C21H46NO5PSi/c1-9-16-24-29(25-17-10-2,26-18-11-3)20(12-4)22-21(23)27-19(8)28(13-5,14-6)15-7/h19-20H,9-18H2,1-8H3/p+1. The van der Waals surface area contributed by atoms with Gasteiger partial charge in [-0.15, -0.1) is 0 Å². The molecular weight excluding hydrogens is 405 g/mol. The summed E-state index contributed by atoms with van der Waals surface area (Å²) >= 11 is 0. The molecule has 1 N–H and O–H groups in total. The fourth-order valence-electron chi connectivity index (χ4n) is 3.49. The Labute approximate surface area is 181 Å². The molecule has 0 rings (SSSR count). The minimum absolute atomic E-state index is 0.0549. The van der Waals surface area contributed by atoms with Gasteiger partial charge in [0.2, 0.25) is 5.85 Å². The van der Waals surface area contributed by atoms with Crippen molar-refractivity contribution in [3.05, 3.63) is 0 Å². The summed E-state index contributed by atoms with van der Waals surface area (Å²) in [6.07, 6.45) is 6.15. The molecule has 0 aromatic rings. The third-order valence-corrected chi connectivity index (χ3v) is 14.2. The minimum Gasteiger partial charge on any atom is -0.412 e. The zero-order valence-electron chi connectivity index (χ0n) is 20.2. The predicted octanol–water partition coefficient (Wildman–Crippen LogP) is 5.67. The highest BCUT2D eigenvalue weighted by molar-refractivity contribution is 7.76. The van der Waals surface area contributed by atoms with Crippen LogP contribution in [0.2, 0.25) is 0 Å². The van der Waals surface area contributed by atoms with Crippen molar-refractivity contribution in [1.29, 1.82) is 0 Å². The van der Waals surface area contributed by atoms with Crippen molar-refractivity contribution in [2.45, 2.75) is 92.6 Å². The number of alkyl carbamates (subject to hydrolysis) is 1. The quantitative estimate of drug-likeness (QED) is 0.227. The fraction of sp³-hybridized carbons (Fsp3) is 0.952. The van der Waals surface area contributed by atoms with Crippen LogP contribution in [-0.2, 0) is 18.0 Å². The molecule has 0 saturated heterocycles. The Bertz CT molecular complexity index is 407. The van der Waals surface area contributed by atoms with E-state index in [1.165, 1.54) is 0 Å². The third-order valence-electron chi connectivity index (χ3n) is 5.59. The highest BCUT2D eigenvalue weighted by Crippen LogP contribution is 2.62. The van der Waals surface area contributed by atoms with Gasteiger partial charge in [-0.3, -0.25) is 0 Å². The van der Waals surface area contributed by atoms with Gasteiger partial charge < -0.3 is 23.3 Å². The number of nitrogens with one attached hydrogen (secondary N) is 1. The lowest BCUT2D eigenvalue weighted by Gasteiger charge is -2.36. The molecule has 0 heterocycles. The number of carbonyl (C=O) groups excluding carboxylic acids is 1. The molecule has 2 atom stereocenters. The molecule has 0 aliphatic rings. The minimum atomic E-state index is -3.08. The van der Waals surface area contributed by atoms with Gasteiger partial charge in [-0.25, -0.2) is 4.79 Å². The first-order chi connectivity index (χ1) is 13.8. The van der Waals surface area contributed by atoms with Gasteiger partial charge in [0.1, 0.15) is 5.67 Å². The van der Waals surface area contributed by atoms with Crippen LogP contribution in [0.25, 0.3) is 0 Å². The number of amides is 1. The zero-order chi connectivity index (χ0) is 22.3. The smallest absolute Gasteiger partial charge is 0.412 e. The van der Waals surface area contributed by atoms with Crippen LogP contribution in [0, 0.1) is 0 Å². The maximum Gasteiger partial charge on any atom is 0.524 e. The number of ether oxygens (including phenoxy) is 1. The molecule has 0 fully saturated rings. The molecule has 174 valence electrons. The molecule has 8 heteroatoms. The first kappa shape index (κ1) is 28.8.